The summed E-state index contributed by atoms with van der Waals surface area (Å²) in [6.07, 6.45) is 0.553. The number of ether oxygens (including phenoxy) is 1. The minimum atomic E-state index is -0.651. The summed E-state index contributed by atoms with van der Waals surface area (Å²) in [6.45, 7) is 3.99. The zero-order chi connectivity index (χ0) is 16.3. The molecule has 22 heavy (non-hydrogen) atoms. The highest BCUT2D eigenvalue weighted by molar-refractivity contribution is 5.90. The fourth-order valence-corrected chi connectivity index (χ4v) is 2.21. The van der Waals surface area contributed by atoms with Crippen molar-refractivity contribution in [1.82, 2.24) is 10.2 Å². The lowest BCUT2D eigenvalue weighted by atomic mass is 10.1. The van der Waals surface area contributed by atoms with E-state index in [-0.39, 0.29) is 12.2 Å². The Labute approximate surface area is 129 Å². The Bertz CT molecular complexity index is 661. The van der Waals surface area contributed by atoms with Crippen LogP contribution in [0.25, 0.3) is 0 Å². The monoisotopic (exact) mass is 305 g/mol. The summed E-state index contributed by atoms with van der Waals surface area (Å²) in [5, 5.41) is 6.96. The highest BCUT2D eigenvalue weighted by Gasteiger charge is 2.15. The molecule has 0 unspecified atom stereocenters. The molecule has 0 aliphatic heterocycles. The summed E-state index contributed by atoms with van der Waals surface area (Å²) in [5.74, 6) is -1.23. The number of halogens is 1. The van der Waals surface area contributed by atoms with E-state index in [1.807, 2.05) is 27.9 Å². The molecular weight excluding hydrogens is 285 g/mol. The van der Waals surface area contributed by atoms with E-state index < -0.39 is 11.8 Å². The van der Waals surface area contributed by atoms with Crippen molar-refractivity contribution >= 4 is 11.7 Å². The molecule has 118 valence electrons. The van der Waals surface area contributed by atoms with Gasteiger partial charge in [-0.2, -0.15) is 5.10 Å². The van der Waals surface area contributed by atoms with Crippen molar-refractivity contribution in [2.75, 3.05) is 25.6 Å². The number of benzene rings is 1. The first kappa shape index (κ1) is 16.0. The number of rotatable bonds is 5. The van der Waals surface area contributed by atoms with E-state index >= 15 is 0 Å². The highest BCUT2D eigenvalue weighted by Crippen LogP contribution is 2.18. The first-order valence-electron chi connectivity index (χ1n) is 7.04. The van der Waals surface area contributed by atoms with E-state index in [1.54, 1.807) is 11.0 Å². The molecule has 0 aliphatic carbocycles. The van der Waals surface area contributed by atoms with Crippen LogP contribution < -0.4 is 4.90 Å². The van der Waals surface area contributed by atoms with Crippen molar-refractivity contribution in [3.05, 3.63) is 46.5 Å². The predicted molar refractivity (Wildman–Crippen MR) is 82.8 cm³/mol. The number of nitrogens with zero attached hydrogens (tertiary/aromatic N) is 2. The fourth-order valence-electron chi connectivity index (χ4n) is 2.21. The van der Waals surface area contributed by atoms with Crippen molar-refractivity contribution in [1.29, 1.82) is 0 Å². The zero-order valence-corrected chi connectivity index (χ0v) is 13.2. The average molecular weight is 305 g/mol. The largest absolute Gasteiger partial charge is 0.462 e. The van der Waals surface area contributed by atoms with Gasteiger partial charge in [0.25, 0.3) is 0 Å². The average Bonchev–Trinajstić information content (AvgIpc) is 2.78. The van der Waals surface area contributed by atoms with Gasteiger partial charge in [-0.1, -0.05) is 0 Å². The van der Waals surface area contributed by atoms with Crippen molar-refractivity contribution in [2.45, 2.75) is 20.3 Å². The Hall–Kier alpha value is -2.37. The molecule has 0 aliphatic rings. The van der Waals surface area contributed by atoms with Crippen LogP contribution in [0.3, 0.4) is 0 Å². The van der Waals surface area contributed by atoms with Crippen molar-refractivity contribution in [3.63, 3.8) is 0 Å². The zero-order valence-electron chi connectivity index (χ0n) is 13.2. The van der Waals surface area contributed by atoms with Gasteiger partial charge in [-0.05, 0) is 37.6 Å². The Morgan fingerprint density at radius 3 is 2.64 bits per heavy atom. The van der Waals surface area contributed by atoms with E-state index in [0.717, 1.165) is 17.0 Å². The van der Waals surface area contributed by atoms with Crippen LogP contribution in [0.4, 0.5) is 10.1 Å². The van der Waals surface area contributed by atoms with Crippen LogP contribution in [-0.2, 0) is 11.2 Å². The lowest BCUT2D eigenvalue weighted by Gasteiger charge is -2.13. The van der Waals surface area contributed by atoms with Gasteiger partial charge in [-0.3, -0.25) is 5.10 Å². The summed E-state index contributed by atoms with van der Waals surface area (Å²) < 4.78 is 19.1. The number of aromatic nitrogens is 2. The summed E-state index contributed by atoms with van der Waals surface area (Å²) in [7, 11) is 3.62. The van der Waals surface area contributed by atoms with Crippen LogP contribution in [-0.4, -0.2) is 36.9 Å². The molecule has 1 heterocycles. The van der Waals surface area contributed by atoms with Gasteiger partial charge in [0.05, 0.1) is 17.9 Å². The molecule has 0 amide bonds. The first-order valence-corrected chi connectivity index (χ1v) is 7.04. The number of aryl methyl sites for hydroxylation is 2. The van der Waals surface area contributed by atoms with Gasteiger partial charge in [-0.15, -0.1) is 0 Å². The van der Waals surface area contributed by atoms with Crippen LogP contribution in [0, 0.1) is 19.7 Å². The van der Waals surface area contributed by atoms with E-state index in [4.69, 9.17) is 4.74 Å². The highest BCUT2D eigenvalue weighted by atomic mass is 19.1. The lowest BCUT2D eigenvalue weighted by molar-refractivity contribution is 0.0503. The minimum Gasteiger partial charge on any atom is -0.462 e. The van der Waals surface area contributed by atoms with Gasteiger partial charge in [-0.25, -0.2) is 9.18 Å². The molecule has 0 radical (unpaired) electrons. The number of nitrogens with one attached hydrogen (secondary N) is 1. The van der Waals surface area contributed by atoms with Crippen LogP contribution >= 0.6 is 0 Å². The normalized spacial score (nSPS) is 10.6. The molecule has 1 N–H and O–H groups in total. The van der Waals surface area contributed by atoms with Crippen molar-refractivity contribution in [2.24, 2.45) is 0 Å². The molecule has 1 aromatic heterocycles. The number of carbonyl (C=O) groups excluding carboxylic acids is 1. The Morgan fingerprint density at radius 2 is 2.09 bits per heavy atom. The quantitative estimate of drug-likeness (QED) is 0.863. The second-order valence-corrected chi connectivity index (χ2v) is 5.36. The molecule has 6 heteroatoms. The second-order valence-electron chi connectivity index (χ2n) is 5.36. The smallest absolute Gasteiger partial charge is 0.341 e. The SMILES string of the molecule is Cc1n[nH]c(C)c1CCOC(=O)c1ccc(N(C)C)cc1F. The first-order chi connectivity index (χ1) is 10.4. The van der Waals surface area contributed by atoms with Gasteiger partial charge in [0, 0.05) is 31.9 Å². The fraction of sp³-hybridized carbons (Fsp3) is 0.375. The molecular formula is C16H20FN3O2. The van der Waals surface area contributed by atoms with Gasteiger partial charge in [0.2, 0.25) is 0 Å². The maximum absolute atomic E-state index is 13.9. The number of anilines is 1. The molecule has 0 saturated carbocycles. The second kappa shape index (κ2) is 6.60. The van der Waals surface area contributed by atoms with Crippen molar-refractivity contribution < 1.29 is 13.9 Å². The number of aromatic amines is 1. The molecule has 0 spiro atoms. The maximum atomic E-state index is 13.9. The summed E-state index contributed by atoms with van der Waals surface area (Å²) >= 11 is 0. The van der Waals surface area contributed by atoms with Gasteiger partial charge < -0.3 is 9.64 Å². The van der Waals surface area contributed by atoms with E-state index in [9.17, 15) is 9.18 Å². The van der Waals surface area contributed by atoms with Crippen LogP contribution in [0.15, 0.2) is 18.2 Å². The summed E-state index contributed by atoms with van der Waals surface area (Å²) in [4.78, 5) is 13.7. The van der Waals surface area contributed by atoms with Crippen LogP contribution in [0.5, 0.6) is 0 Å². The molecule has 0 fully saturated rings. The molecule has 1 aromatic carbocycles. The third kappa shape index (κ3) is 3.44. The third-order valence-corrected chi connectivity index (χ3v) is 3.55. The molecule has 0 saturated heterocycles. The standard InChI is InChI=1S/C16H20FN3O2/c1-10-13(11(2)19-18-10)7-8-22-16(21)14-6-5-12(20(3)4)9-15(14)17/h5-6,9H,7-8H2,1-4H3,(H,18,19). The number of hydrogen-bond acceptors (Lipinski definition) is 4. The number of esters is 1. The topological polar surface area (TPSA) is 58.2 Å². The van der Waals surface area contributed by atoms with Crippen LogP contribution in [0.1, 0.15) is 27.3 Å². The van der Waals surface area contributed by atoms with E-state index in [0.29, 0.717) is 12.1 Å². The van der Waals surface area contributed by atoms with E-state index in [2.05, 4.69) is 10.2 Å². The van der Waals surface area contributed by atoms with Gasteiger partial charge in [0.1, 0.15) is 5.82 Å². The number of carbonyl (C=O) groups is 1. The lowest BCUT2D eigenvalue weighted by Crippen LogP contribution is -2.13. The number of H-pyrrole nitrogens is 1. The Kier molecular flexibility index (Phi) is 4.80. The Morgan fingerprint density at radius 1 is 1.36 bits per heavy atom. The maximum Gasteiger partial charge on any atom is 0.341 e. The molecule has 2 aromatic rings. The molecule has 2 rings (SSSR count). The van der Waals surface area contributed by atoms with Gasteiger partial charge in [0.15, 0.2) is 0 Å². The van der Waals surface area contributed by atoms with Gasteiger partial charge >= 0.3 is 5.97 Å². The minimum absolute atomic E-state index is 0.0498. The summed E-state index contributed by atoms with van der Waals surface area (Å²) in [6, 6.07) is 4.45. The molecule has 5 nitrogen and oxygen atoms in total. The van der Waals surface area contributed by atoms with Crippen molar-refractivity contribution in [3.8, 4) is 0 Å². The summed E-state index contributed by atoms with van der Waals surface area (Å²) in [5.41, 5.74) is 3.51. The van der Waals surface area contributed by atoms with E-state index in [1.165, 1.54) is 12.1 Å². The Balaban J connectivity index is 1.98. The predicted octanol–water partition coefficient (Wildman–Crippen LogP) is 2.63. The number of hydrogen-bond donors (Lipinski definition) is 1. The molecule has 0 bridgehead atoms. The third-order valence-electron chi connectivity index (χ3n) is 3.55. The van der Waals surface area contributed by atoms with Crippen LogP contribution in [0.2, 0.25) is 0 Å². The molecule has 0 atom stereocenters.